The first-order valence-corrected chi connectivity index (χ1v) is 10.8. The van der Waals surface area contributed by atoms with Crippen LogP contribution in [0.5, 0.6) is 0 Å². The molecule has 4 fully saturated rings. The molecule has 1 aliphatic heterocycles. The van der Waals surface area contributed by atoms with Crippen LogP contribution in [-0.2, 0) is 9.47 Å². The molecule has 10 nitrogen and oxygen atoms in total. The first-order valence-electron chi connectivity index (χ1n) is 10.0. The van der Waals surface area contributed by atoms with E-state index in [0.717, 1.165) is 30.7 Å². The monoisotopic (exact) mass is 491 g/mol. The summed E-state index contributed by atoms with van der Waals surface area (Å²) < 4.78 is 28.2. The maximum atomic E-state index is 15.0. The van der Waals surface area contributed by atoms with Crippen molar-refractivity contribution in [3.63, 3.8) is 0 Å². The van der Waals surface area contributed by atoms with Crippen LogP contribution < -0.4 is 10.6 Å². The van der Waals surface area contributed by atoms with Crippen molar-refractivity contribution in [2.24, 2.45) is 5.92 Å². The van der Waals surface area contributed by atoms with E-state index < -0.39 is 24.5 Å². The number of H-pyrrole nitrogens is 1. The van der Waals surface area contributed by atoms with Crippen LogP contribution in [0.3, 0.4) is 0 Å². The van der Waals surface area contributed by atoms with E-state index in [2.05, 4.69) is 46.8 Å². The van der Waals surface area contributed by atoms with Crippen LogP contribution in [0.25, 0.3) is 5.52 Å². The molecule has 3 saturated carbocycles. The summed E-state index contributed by atoms with van der Waals surface area (Å²) in [7, 11) is 0. The fourth-order valence-corrected chi connectivity index (χ4v) is 4.99. The Bertz CT molecular complexity index is 1150. The fraction of sp³-hybridized carbons (Fsp3) is 0.474. The zero-order valence-electron chi connectivity index (χ0n) is 16.2. The third-order valence-electron chi connectivity index (χ3n) is 6.29. The molecule has 0 radical (unpaired) electrons. The minimum atomic E-state index is -1.50. The highest BCUT2D eigenvalue weighted by atomic mass is 79.9. The molecular formula is C19H19BrFN7O3. The SMILES string of the molecule is O=C(NC12CC(C1)C2)O[C@@H]1CO[C@H](c2cc(Nc3ncc(Br)n4nccc34)n[nH]2)[C@@H]1F. The maximum absolute atomic E-state index is 15.0. The molecule has 2 bridgehead atoms. The number of amides is 1. The molecule has 1 amide bonds. The molecule has 162 valence electrons. The molecule has 0 unspecified atom stereocenters. The molecule has 31 heavy (non-hydrogen) atoms. The summed E-state index contributed by atoms with van der Waals surface area (Å²) in [6, 6.07) is 3.46. The van der Waals surface area contributed by atoms with E-state index in [0.29, 0.717) is 21.9 Å². The molecule has 3 aromatic heterocycles. The Kier molecular flexibility index (Phi) is 4.22. The number of alkyl halides is 1. The number of ether oxygens (including phenoxy) is 2. The van der Waals surface area contributed by atoms with Crippen molar-refractivity contribution >= 4 is 39.2 Å². The number of aromatic amines is 1. The number of carbonyl (C=O) groups is 1. The van der Waals surface area contributed by atoms with Gasteiger partial charge in [-0.1, -0.05) is 0 Å². The molecule has 7 rings (SSSR count). The number of hydrogen-bond donors (Lipinski definition) is 3. The van der Waals surface area contributed by atoms with Gasteiger partial charge < -0.3 is 20.1 Å². The van der Waals surface area contributed by atoms with Crippen LogP contribution in [0.2, 0.25) is 0 Å². The summed E-state index contributed by atoms with van der Waals surface area (Å²) in [6.07, 6.45) is 2.32. The highest BCUT2D eigenvalue weighted by Crippen LogP contribution is 2.57. The Balaban J connectivity index is 1.11. The second-order valence-corrected chi connectivity index (χ2v) is 9.23. The Morgan fingerprint density at radius 3 is 3.03 bits per heavy atom. The number of rotatable bonds is 5. The number of aromatic nitrogens is 5. The van der Waals surface area contributed by atoms with Gasteiger partial charge in [0.1, 0.15) is 16.2 Å². The molecular weight excluding hydrogens is 473 g/mol. The van der Waals surface area contributed by atoms with Crippen LogP contribution in [0.15, 0.2) is 29.1 Å². The van der Waals surface area contributed by atoms with Gasteiger partial charge in [-0.2, -0.15) is 10.2 Å². The standard InChI is InChI=1S/C19H19BrFN7O3/c20-13-7-22-17(11-1-2-23-28(11)13)24-14-3-10(26-27-14)16-15(21)12(8-30-16)31-18(29)25-19-4-9(5-19)6-19/h1-3,7,9,12,15-16H,4-6,8H2,(H,25,29)(H2,22,24,26,27)/t9?,12-,15-,16-,19?/m1/s1. The van der Waals surface area contributed by atoms with Crippen molar-refractivity contribution in [1.82, 2.24) is 30.1 Å². The summed E-state index contributed by atoms with van der Waals surface area (Å²) in [5.74, 6) is 1.73. The molecule has 1 saturated heterocycles. The van der Waals surface area contributed by atoms with Gasteiger partial charge in [0.15, 0.2) is 23.9 Å². The average molecular weight is 492 g/mol. The lowest BCUT2D eigenvalue weighted by atomic mass is 9.50. The molecule has 3 aliphatic carbocycles. The van der Waals surface area contributed by atoms with Gasteiger partial charge in [0.05, 0.1) is 24.7 Å². The number of alkyl carbamates (subject to hydrolysis) is 1. The van der Waals surface area contributed by atoms with E-state index in [-0.39, 0.29) is 12.1 Å². The third kappa shape index (κ3) is 3.16. The van der Waals surface area contributed by atoms with E-state index in [1.807, 2.05) is 6.07 Å². The van der Waals surface area contributed by atoms with Crippen molar-refractivity contribution in [3.8, 4) is 0 Å². The highest BCUT2D eigenvalue weighted by molar-refractivity contribution is 9.10. The minimum Gasteiger partial charge on any atom is -0.441 e. The fourth-order valence-electron chi connectivity index (χ4n) is 4.61. The van der Waals surface area contributed by atoms with Crippen molar-refractivity contribution < 1.29 is 18.7 Å². The number of nitrogens with one attached hydrogen (secondary N) is 3. The van der Waals surface area contributed by atoms with Crippen molar-refractivity contribution in [1.29, 1.82) is 0 Å². The predicted molar refractivity (Wildman–Crippen MR) is 110 cm³/mol. The van der Waals surface area contributed by atoms with Gasteiger partial charge >= 0.3 is 6.09 Å². The molecule has 3 atom stereocenters. The lowest BCUT2D eigenvalue weighted by Gasteiger charge is -2.61. The van der Waals surface area contributed by atoms with E-state index in [1.54, 1.807) is 23.0 Å². The van der Waals surface area contributed by atoms with Crippen molar-refractivity contribution in [2.75, 3.05) is 11.9 Å². The van der Waals surface area contributed by atoms with Gasteiger partial charge in [-0.3, -0.25) is 5.10 Å². The number of carbonyl (C=O) groups excluding carboxylic acids is 1. The van der Waals surface area contributed by atoms with Crippen LogP contribution in [0, 0.1) is 5.92 Å². The van der Waals surface area contributed by atoms with E-state index in [1.165, 1.54) is 0 Å². The van der Waals surface area contributed by atoms with Gasteiger partial charge in [0.25, 0.3) is 0 Å². The second-order valence-electron chi connectivity index (χ2n) is 8.42. The third-order valence-corrected chi connectivity index (χ3v) is 6.83. The molecule has 0 spiro atoms. The number of nitrogens with zero attached hydrogens (tertiary/aromatic N) is 4. The maximum Gasteiger partial charge on any atom is 0.408 e. The van der Waals surface area contributed by atoms with Crippen LogP contribution in [0.4, 0.5) is 20.8 Å². The van der Waals surface area contributed by atoms with Crippen molar-refractivity contribution in [2.45, 2.75) is 43.2 Å². The zero-order chi connectivity index (χ0) is 21.2. The smallest absolute Gasteiger partial charge is 0.408 e. The number of fused-ring (bicyclic) bond motifs is 1. The molecule has 3 N–H and O–H groups in total. The highest BCUT2D eigenvalue weighted by Gasteiger charge is 2.58. The van der Waals surface area contributed by atoms with Crippen molar-refractivity contribution in [3.05, 3.63) is 34.8 Å². The average Bonchev–Trinajstić information content (AvgIpc) is 3.41. The first kappa shape index (κ1) is 19.0. The van der Waals surface area contributed by atoms with E-state index >= 15 is 0 Å². The lowest BCUT2D eigenvalue weighted by molar-refractivity contribution is -0.0528. The largest absolute Gasteiger partial charge is 0.441 e. The summed E-state index contributed by atoms with van der Waals surface area (Å²) in [4.78, 5) is 16.5. The van der Waals surface area contributed by atoms with Crippen LogP contribution in [0.1, 0.15) is 31.1 Å². The zero-order valence-corrected chi connectivity index (χ0v) is 17.8. The molecule has 4 heterocycles. The summed E-state index contributed by atoms with van der Waals surface area (Å²) in [6.45, 7) is -0.0125. The second kappa shape index (κ2) is 6.89. The number of anilines is 2. The minimum absolute atomic E-state index is 0.0125. The molecule has 3 aromatic rings. The molecule has 0 aromatic carbocycles. The van der Waals surface area contributed by atoms with E-state index in [9.17, 15) is 9.18 Å². The Morgan fingerprint density at radius 2 is 2.26 bits per heavy atom. The van der Waals surface area contributed by atoms with Gasteiger partial charge in [0.2, 0.25) is 0 Å². The van der Waals surface area contributed by atoms with Crippen LogP contribution >= 0.6 is 15.9 Å². The Labute approximate surface area is 184 Å². The number of halogens is 2. The van der Waals surface area contributed by atoms with E-state index in [4.69, 9.17) is 9.47 Å². The summed E-state index contributed by atoms with van der Waals surface area (Å²) in [5.41, 5.74) is 1.09. The topological polar surface area (TPSA) is 118 Å². The van der Waals surface area contributed by atoms with Crippen LogP contribution in [-0.4, -0.2) is 55.3 Å². The summed E-state index contributed by atoms with van der Waals surface area (Å²) >= 11 is 3.39. The van der Waals surface area contributed by atoms with Gasteiger partial charge in [-0.15, -0.1) is 0 Å². The van der Waals surface area contributed by atoms with Gasteiger partial charge in [-0.05, 0) is 47.2 Å². The lowest BCUT2D eigenvalue weighted by Crippen LogP contribution is -2.68. The summed E-state index contributed by atoms with van der Waals surface area (Å²) in [5, 5.41) is 17.2. The Morgan fingerprint density at radius 1 is 1.42 bits per heavy atom. The first-order chi connectivity index (χ1) is 15.0. The quantitative estimate of drug-likeness (QED) is 0.501. The van der Waals surface area contributed by atoms with Gasteiger partial charge in [-0.25, -0.2) is 18.7 Å². The van der Waals surface area contributed by atoms with Gasteiger partial charge in [0, 0.05) is 11.6 Å². The number of hydrogen-bond acceptors (Lipinski definition) is 7. The Hall–Kier alpha value is -2.73. The molecule has 12 heteroatoms. The molecule has 4 aliphatic rings. The predicted octanol–water partition coefficient (Wildman–Crippen LogP) is 3.02. The normalized spacial score (nSPS) is 31.2.